The van der Waals surface area contributed by atoms with Gasteiger partial charge in [0.1, 0.15) is 0 Å². The van der Waals surface area contributed by atoms with Crippen LogP contribution in [-0.2, 0) is 6.54 Å². The Labute approximate surface area is 110 Å². The van der Waals surface area contributed by atoms with Gasteiger partial charge in [-0.05, 0) is 50.5 Å². The van der Waals surface area contributed by atoms with E-state index in [1.54, 1.807) is 0 Å². The molecule has 5 nitrogen and oxygen atoms in total. The van der Waals surface area contributed by atoms with Crippen LogP contribution in [0, 0.1) is 5.92 Å². The van der Waals surface area contributed by atoms with Crippen molar-refractivity contribution in [3.8, 4) is 0 Å². The van der Waals surface area contributed by atoms with E-state index in [2.05, 4.69) is 62.4 Å². The van der Waals surface area contributed by atoms with Crippen molar-refractivity contribution in [3.05, 3.63) is 5.82 Å². The normalized spacial score (nSPS) is 15.7. The first kappa shape index (κ1) is 15.1. The fourth-order valence-corrected chi connectivity index (χ4v) is 1.86. The van der Waals surface area contributed by atoms with E-state index in [0.717, 1.165) is 12.2 Å². The number of tetrazole rings is 1. The molecule has 0 aliphatic carbocycles. The summed E-state index contributed by atoms with van der Waals surface area (Å²) in [5.41, 5.74) is 0.0801. The van der Waals surface area contributed by atoms with Gasteiger partial charge in [-0.1, -0.05) is 20.3 Å². The first-order valence-corrected chi connectivity index (χ1v) is 6.85. The van der Waals surface area contributed by atoms with Gasteiger partial charge in [-0.2, -0.15) is 0 Å². The molecular weight excluding hydrogens is 226 g/mol. The van der Waals surface area contributed by atoms with E-state index in [1.165, 1.54) is 6.42 Å². The summed E-state index contributed by atoms with van der Waals surface area (Å²) in [5, 5.41) is 15.5. The van der Waals surface area contributed by atoms with Crippen molar-refractivity contribution in [2.24, 2.45) is 5.92 Å². The second kappa shape index (κ2) is 6.27. The minimum atomic E-state index is 0.0801. The standard InChI is InChI=1S/C13H27N5/c1-7-10(2)8-11(3)18-12(15-16-17-18)9-14-13(4,5)6/h10-11,14H,7-9H2,1-6H3. The summed E-state index contributed by atoms with van der Waals surface area (Å²) in [5.74, 6) is 1.62. The lowest BCUT2D eigenvalue weighted by Crippen LogP contribution is -2.36. The maximum atomic E-state index is 4.12. The van der Waals surface area contributed by atoms with Crippen molar-refractivity contribution >= 4 is 0 Å². The highest BCUT2D eigenvalue weighted by Crippen LogP contribution is 2.19. The molecule has 1 N–H and O–H groups in total. The van der Waals surface area contributed by atoms with Gasteiger partial charge in [-0.25, -0.2) is 4.68 Å². The van der Waals surface area contributed by atoms with Gasteiger partial charge >= 0.3 is 0 Å². The zero-order valence-electron chi connectivity index (χ0n) is 12.6. The average Bonchev–Trinajstić information content (AvgIpc) is 2.73. The van der Waals surface area contributed by atoms with E-state index in [-0.39, 0.29) is 5.54 Å². The third-order valence-corrected chi connectivity index (χ3v) is 3.20. The first-order chi connectivity index (χ1) is 8.33. The summed E-state index contributed by atoms with van der Waals surface area (Å²) in [6, 6.07) is 0.353. The molecule has 0 amide bonds. The number of hydrogen-bond acceptors (Lipinski definition) is 4. The molecule has 18 heavy (non-hydrogen) atoms. The largest absolute Gasteiger partial charge is 0.305 e. The molecule has 104 valence electrons. The van der Waals surface area contributed by atoms with Crippen LogP contribution in [0.2, 0.25) is 0 Å². The van der Waals surface area contributed by atoms with Crippen LogP contribution >= 0.6 is 0 Å². The second-order valence-corrected chi connectivity index (χ2v) is 6.24. The quantitative estimate of drug-likeness (QED) is 0.846. The highest BCUT2D eigenvalue weighted by Gasteiger charge is 2.17. The second-order valence-electron chi connectivity index (χ2n) is 6.24. The lowest BCUT2D eigenvalue weighted by Gasteiger charge is -2.21. The van der Waals surface area contributed by atoms with Gasteiger partial charge < -0.3 is 5.32 Å². The predicted octanol–water partition coefficient (Wildman–Crippen LogP) is 2.56. The van der Waals surface area contributed by atoms with Crippen LogP contribution in [0.5, 0.6) is 0 Å². The SMILES string of the molecule is CCC(C)CC(C)n1nnnc1CNC(C)(C)C. The fourth-order valence-electron chi connectivity index (χ4n) is 1.86. The summed E-state index contributed by atoms with van der Waals surface area (Å²) in [4.78, 5) is 0. The Morgan fingerprint density at radius 1 is 1.28 bits per heavy atom. The smallest absolute Gasteiger partial charge is 0.165 e. The molecule has 0 saturated carbocycles. The molecule has 0 radical (unpaired) electrons. The highest BCUT2D eigenvalue weighted by atomic mass is 15.6. The molecule has 0 aromatic carbocycles. The summed E-state index contributed by atoms with van der Waals surface area (Å²) in [6.07, 6.45) is 2.31. The van der Waals surface area contributed by atoms with E-state index in [9.17, 15) is 0 Å². The molecule has 5 heteroatoms. The number of hydrogen-bond donors (Lipinski definition) is 1. The zero-order valence-corrected chi connectivity index (χ0v) is 12.6. The third kappa shape index (κ3) is 4.72. The minimum Gasteiger partial charge on any atom is -0.305 e. The third-order valence-electron chi connectivity index (χ3n) is 3.20. The fraction of sp³-hybridized carbons (Fsp3) is 0.923. The van der Waals surface area contributed by atoms with Gasteiger partial charge in [-0.3, -0.25) is 0 Å². The van der Waals surface area contributed by atoms with Crippen molar-refractivity contribution in [1.29, 1.82) is 0 Å². The van der Waals surface area contributed by atoms with E-state index < -0.39 is 0 Å². The van der Waals surface area contributed by atoms with Gasteiger partial charge in [0.25, 0.3) is 0 Å². The number of aromatic nitrogens is 4. The van der Waals surface area contributed by atoms with Crippen LogP contribution in [0.25, 0.3) is 0 Å². The minimum absolute atomic E-state index is 0.0801. The van der Waals surface area contributed by atoms with Crippen LogP contribution in [-0.4, -0.2) is 25.7 Å². The molecule has 2 unspecified atom stereocenters. The topological polar surface area (TPSA) is 55.6 Å². The summed E-state index contributed by atoms with van der Waals surface area (Å²) in [7, 11) is 0. The van der Waals surface area contributed by atoms with Crippen molar-refractivity contribution in [3.63, 3.8) is 0 Å². The monoisotopic (exact) mass is 253 g/mol. The summed E-state index contributed by atoms with van der Waals surface area (Å²) in [6.45, 7) is 13.8. The molecule has 2 atom stereocenters. The van der Waals surface area contributed by atoms with Crippen LogP contribution in [0.15, 0.2) is 0 Å². The molecule has 0 fully saturated rings. The van der Waals surface area contributed by atoms with E-state index in [0.29, 0.717) is 18.5 Å². The Hall–Kier alpha value is -0.970. The van der Waals surface area contributed by atoms with E-state index in [4.69, 9.17) is 0 Å². The molecule has 1 heterocycles. The van der Waals surface area contributed by atoms with Gasteiger partial charge in [0, 0.05) is 5.54 Å². The predicted molar refractivity (Wildman–Crippen MR) is 73.2 cm³/mol. The number of nitrogens with one attached hydrogen (secondary N) is 1. The molecule has 0 saturated heterocycles. The zero-order chi connectivity index (χ0) is 13.8. The molecule has 0 aliphatic heterocycles. The maximum absolute atomic E-state index is 4.12. The Morgan fingerprint density at radius 2 is 1.94 bits per heavy atom. The molecule has 0 spiro atoms. The maximum Gasteiger partial charge on any atom is 0.165 e. The van der Waals surface area contributed by atoms with Gasteiger partial charge in [0.05, 0.1) is 12.6 Å². The molecule has 0 aliphatic rings. The Bertz CT molecular complexity index is 353. The molecule has 1 aromatic rings. The highest BCUT2D eigenvalue weighted by molar-refractivity contribution is 4.86. The van der Waals surface area contributed by atoms with Crippen molar-refractivity contribution in [2.75, 3.05) is 0 Å². The summed E-state index contributed by atoms with van der Waals surface area (Å²) >= 11 is 0. The Morgan fingerprint density at radius 3 is 2.50 bits per heavy atom. The Kier molecular flexibility index (Phi) is 5.26. The number of nitrogens with zero attached hydrogens (tertiary/aromatic N) is 4. The molecule has 1 rings (SSSR count). The van der Waals surface area contributed by atoms with Gasteiger partial charge in [0.2, 0.25) is 0 Å². The van der Waals surface area contributed by atoms with Crippen LogP contribution in [0.4, 0.5) is 0 Å². The van der Waals surface area contributed by atoms with Gasteiger partial charge in [-0.15, -0.1) is 5.10 Å². The summed E-state index contributed by atoms with van der Waals surface area (Å²) < 4.78 is 1.95. The lowest BCUT2D eigenvalue weighted by molar-refractivity contribution is 0.348. The molecule has 1 aromatic heterocycles. The van der Waals surface area contributed by atoms with Crippen LogP contribution in [0.3, 0.4) is 0 Å². The van der Waals surface area contributed by atoms with Crippen molar-refractivity contribution < 1.29 is 0 Å². The van der Waals surface area contributed by atoms with Crippen LogP contribution in [0.1, 0.15) is 66.3 Å². The average molecular weight is 253 g/mol. The Balaban J connectivity index is 2.64. The first-order valence-electron chi connectivity index (χ1n) is 6.85. The lowest BCUT2D eigenvalue weighted by atomic mass is 10.0. The van der Waals surface area contributed by atoms with E-state index in [1.807, 2.05) is 4.68 Å². The molecular formula is C13H27N5. The van der Waals surface area contributed by atoms with Gasteiger partial charge in [0.15, 0.2) is 5.82 Å². The van der Waals surface area contributed by atoms with Crippen molar-refractivity contribution in [2.45, 2.75) is 72.5 Å². The van der Waals surface area contributed by atoms with E-state index >= 15 is 0 Å². The number of rotatable bonds is 6. The molecule has 0 bridgehead atoms. The van der Waals surface area contributed by atoms with Crippen LogP contribution < -0.4 is 5.32 Å². The van der Waals surface area contributed by atoms with Crippen molar-refractivity contribution in [1.82, 2.24) is 25.5 Å².